The van der Waals surface area contributed by atoms with E-state index in [9.17, 15) is 9.18 Å². The molecule has 0 spiro atoms. The van der Waals surface area contributed by atoms with Gasteiger partial charge in [0.05, 0.1) is 19.9 Å². The van der Waals surface area contributed by atoms with Gasteiger partial charge in [0.1, 0.15) is 17.1 Å². The second kappa shape index (κ2) is 13.4. The smallest absolute Gasteiger partial charge is 0.180 e. The predicted molar refractivity (Wildman–Crippen MR) is 155 cm³/mol. The molecule has 9 heteroatoms. The molecule has 4 aromatic rings. The average Bonchev–Trinajstić information content (AvgIpc) is 3.32. The van der Waals surface area contributed by atoms with Gasteiger partial charge < -0.3 is 25.3 Å². The summed E-state index contributed by atoms with van der Waals surface area (Å²) in [5, 5.41) is 3.13. The van der Waals surface area contributed by atoms with Crippen molar-refractivity contribution in [1.82, 2.24) is 0 Å². The first kappa shape index (κ1) is 28.4. The van der Waals surface area contributed by atoms with E-state index in [1.165, 1.54) is 23.9 Å². The fraction of sp³-hybridized carbons (Fsp3) is 0.167. The molecule has 202 valence electrons. The number of fused-ring (bicyclic) bond motifs is 1. The standard InChI is InChI=1S/C21H17FO2S.C9H12N2O2S/c1-15-6-10-17(11-7-15)24-20(14-23)19-4-2-3-5-21(19)25-18-12-8-16(22)9-13-18;1-12-6-3-5-8(4-7(6)13-2)14-9(10)11-5/h2-14,20H,1H3;3-4,9,11H,10H2,1-2H3. The summed E-state index contributed by atoms with van der Waals surface area (Å²) in [7, 11) is 3.24. The highest BCUT2D eigenvalue weighted by Crippen LogP contribution is 2.43. The van der Waals surface area contributed by atoms with E-state index in [0.717, 1.165) is 43.5 Å². The summed E-state index contributed by atoms with van der Waals surface area (Å²) in [6, 6.07) is 25.3. The number of ether oxygens (including phenoxy) is 3. The number of carbonyl (C=O) groups excluding carboxylic acids is 1. The Morgan fingerprint density at radius 1 is 0.974 bits per heavy atom. The van der Waals surface area contributed by atoms with E-state index in [1.807, 2.05) is 67.6 Å². The first-order chi connectivity index (χ1) is 18.9. The minimum atomic E-state index is -0.702. The molecule has 3 N–H and O–H groups in total. The number of benzene rings is 4. The topological polar surface area (TPSA) is 82.8 Å². The van der Waals surface area contributed by atoms with Gasteiger partial charge in [-0.3, -0.25) is 4.79 Å². The number of aryl methyl sites for hydroxylation is 1. The number of aldehydes is 1. The maximum atomic E-state index is 13.1. The molecule has 0 amide bonds. The van der Waals surface area contributed by atoms with Crippen molar-refractivity contribution in [2.45, 2.75) is 33.2 Å². The first-order valence-electron chi connectivity index (χ1n) is 12.1. The Balaban J connectivity index is 0.000000212. The Labute approximate surface area is 236 Å². The molecule has 0 bridgehead atoms. The van der Waals surface area contributed by atoms with Crippen LogP contribution in [0, 0.1) is 12.7 Å². The largest absolute Gasteiger partial charge is 0.493 e. The Hall–Kier alpha value is -3.66. The Morgan fingerprint density at radius 3 is 2.31 bits per heavy atom. The third kappa shape index (κ3) is 7.47. The van der Waals surface area contributed by atoms with Gasteiger partial charge in [0.15, 0.2) is 23.9 Å². The van der Waals surface area contributed by atoms with E-state index in [-0.39, 0.29) is 11.3 Å². The van der Waals surface area contributed by atoms with E-state index in [2.05, 4.69) is 5.32 Å². The van der Waals surface area contributed by atoms with Gasteiger partial charge >= 0.3 is 0 Å². The number of carbonyl (C=O) groups is 1. The van der Waals surface area contributed by atoms with Crippen LogP contribution in [0.25, 0.3) is 0 Å². The molecule has 39 heavy (non-hydrogen) atoms. The lowest BCUT2D eigenvalue weighted by Crippen LogP contribution is -2.20. The van der Waals surface area contributed by atoms with Crippen LogP contribution in [0.1, 0.15) is 17.2 Å². The number of thioether (sulfide) groups is 1. The van der Waals surface area contributed by atoms with Crippen molar-refractivity contribution < 1.29 is 23.4 Å². The number of rotatable bonds is 8. The third-order valence-electron chi connectivity index (χ3n) is 5.71. The third-order valence-corrected chi connectivity index (χ3v) is 7.78. The summed E-state index contributed by atoms with van der Waals surface area (Å²) >= 11 is 3.04. The molecule has 4 aromatic carbocycles. The second-order valence-electron chi connectivity index (χ2n) is 8.47. The van der Waals surface area contributed by atoms with Crippen molar-refractivity contribution >= 4 is 35.5 Å². The molecular weight excluding hydrogens is 535 g/mol. The van der Waals surface area contributed by atoms with Crippen LogP contribution in [0.15, 0.2) is 99.6 Å². The molecule has 2 atom stereocenters. The normalized spacial score (nSPS) is 14.2. The Bertz CT molecular complexity index is 1370. The lowest BCUT2D eigenvalue weighted by molar-refractivity contribution is -0.114. The van der Waals surface area contributed by atoms with Gasteiger partial charge in [-0.15, -0.1) is 0 Å². The van der Waals surface area contributed by atoms with Crippen LogP contribution in [0.4, 0.5) is 10.1 Å². The monoisotopic (exact) mass is 564 g/mol. The molecule has 0 radical (unpaired) electrons. The molecule has 0 aliphatic carbocycles. The number of anilines is 1. The van der Waals surface area contributed by atoms with E-state index >= 15 is 0 Å². The van der Waals surface area contributed by atoms with E-state index in [0.29, 0.717) is 11.5 Å². The molecule has 0 fully saturated rings. The summed E-state index contributed by atoms with van der Waals surface area (Å²) in [6.07, 6.45) is 0.0936. The predicted octanol–water partition coefficient (Wildman–Crippen LogP) is 7.07. The summed E-state index contributed by atoms with van der Waals surface area (Å²) in [6.45, 7) is 2.00. The van der Waals surface area contributed by atoms with Crippen molar-refractivity contribution in [3.05, 3.63) is 102 Å². The van der Waals surface area contributed by atoms with Gasteiger partial charge in [-0.25, -0.2) is 4.39 Å². The summed E-state index contributed by atoms with van der Waals surface area (Å²) in [4.78, 5) is 14.5. The molecule has 1 aliphatic rings. The fourth-order valence-electron chi connectivity index (χ4n) is 3.76. The average molecular weight is 565 g/mol. The summed E-state index contributed by atoms with van der Waals surface area (Å²) in [5.74, 6) is 1.82. The minimum absolute atomic E-state index is 0.0817. The molecule has 1 heterocycles. The van der Waals surface area contributed by atoms with Crippen LogP contribution in [-0.2, 0) is 4.79 Å². The van der Waals surface area contributed by atoms with Crippen molar-refractivity contribution in [1.29, 1.82) is 0 Å². The van der Waals surface area contributed by atoms with Gasteiger partial charge in [-0.05, 0) is 55.5 Å². The van der Waals surface area contributed by atoms with Crippen LogP contribution in [0.2, 0.25) is 0 Å². The van der Waals surface area contributed by atoms with E-state index < -0.39 is 6.10 Å². The summed E-state index contributed by atoms with van der Waals surface area (Å²) in [5.41, 5.74) is 8.57. The zero-order chi connectivity index (χ0) is 27.8. The van der Waals surface area contributed by atoms with E-state index in [1.54, 1.807) is 38.1 Å². The molecule has 2 unspecified atom stereocenters. The van der Waals surface area contributed by atoms with Crippen LogP contribution < -0.4 is 25.3 Å². The first-order valence-corrected chi connectivity index (χ1v) is 13.8. The van der Waals surface area contributed by atoms with E-state index in [4.69, 9.17) is 19.9 Å². The quantitative estimate of drug-likeness (QED) is 0.220. The molecule has 1 aliphatic heterocycles. The van der Waals surface area contributed by atoms with Crippen molar-refractivity contribution in [2.24, 2.45) is 5.73 Å². The van der Waals surface area contributed by atoms with Gasteiger partial charge in [0.25, 0.3) is 0 Å². The number of nitrogens with one attached hydrogen (secondary N) is 1. The molecule has 0 saturated carbocycles. The zero-order valence-electron chi connectivity index (χ0n) is 21.7. The highest BCUT2D eigenvalue weighted by molar-refractivity contribution is 8.00. The molecule has 0 aromatic heterocycles. The number of nitrogens with two attached hydrogens (primary N) is 1. The highest BCUT2D eigenvalue weighted by atomic mass is 32.2. The Kier molecular flexibility index (Phi) is 9.75. The maximum absolute atomic E-state index is 13.1. The van der Waals surface area contributed by atoms with Crippen LogP contribution in [-0.4, -0.2) is 26.0 Å². The molecule has 5 rings (SSSR count). The number of hydrogen-bond donors (Lipinski definition) is 2. The van der Waals surface area contributed by atoms with Gasteiger partial charge in [-0.2, -0.15) is 0 Å². The van der Waals surface area contributed by atoms with Crippen molar-refractivity contribution in [3.63, 3.8) is 0 Å². The summed E-state index contributed by atoms with van der Waals surface area (Å²) < 4.78 is 29.3. The highest BCUT2D eigenvalue weighted by Gasteiger charge is 2.21. The molecule has 0 saturated heterocycles. The van der Waals surface area contributed by atoms with Gasteiger partial charge in [-0.1, -0.05) is 59.4 Å². The number of hydrogen-bond acceptors (Lipinski definition) is 8. The van der Waals surface area contributed by atoms with Crippen LogP contribution in [0.5, 0.6) is 17.2 Å². The number of halogens is 1. The van der Waals surface area contributed by atoms with Crippen molar-refractivity contribution in [3.8, 4) is 17.2 Å². The number of methoxy groups -OCH3 is 2. The SMILES string of the molecule is COc1cc2c(cc1OC)SC(N)N2.Cc1ccc(OC(C=O)c2ccccc2Sc2ccc(F)cc2)cc1. The second-order valence-corrected chi connectivity index (χ2v) is 10.8. The van der Waals surface area contributed by atoms with Gasteiger partial charge in [0, 0.05) is 26.3 Å². The van der Waals surface area contributed by atoms with Crippen LogP contribution in [0.3, 0.4) is 0 Å². The lowest BCUT2D eigenvalue weighted by atomic mass is 10.1. The zero-order valence-corrected chi connectivity index (χ0v) is 23.4. The molecular formula is C30H29FN2O4S2. The maximum Gasteiger partial charge on any atom is 0.180 e. The van der Waals surface area contributed by atoms with Crippen LogP contribution >= 0.6 is 23.5 Å². The minimum Gasteiger partial charge on any atom is -0.493 e. The lowest BCUT2D eigenvalue weighted by Gasteiger charge is -2.17. The molecule has 6 nitrogen and oxygen atoms in total. The van der Waals surface area contributed by atoms with Crippen molar-refractivity contribution in [2.75, 3.05) is 19.5 Å². The fourth-order valence-corrected chi connectivity index (χ4v) is 5.61. The Morgan fingerprint density at radius 2 is 1.64 bits per heavy atom. The van der Waals surface area contributed by atoms with Gasteiger partial charge in [0.2, 0.25) is 0 Å².